The predicted octanol–water partition coefficient (Wildman–Crippen LogP) is 0.144. The van der Waals surface area contributed by atoms with Crippen molar-refractivity contribution in [3.63, 3.8) is 0 Å². The Morgan fingerprint density at radius 2 is 1.81 bits per heavy atom. The molecule has 0 aromatic carbocycles. The summed E-state index contributed by atoms with van der Waals surface area (Å²) in [4.78, 5) is 26.2. The fraction of sp³-hybridized carbons (Fsp3) is 0.412. The zero-order valence-electron chi connectivity index (χ0n) is 14.9. The molecule has 0 bridgehead atoms. The van der Waals surface area contributed by atoms with E-state index in [1.165, 1.54) is 10.5 Å². The number of carbonyl (C=O) groups excluding carboxylic acids is 1. The summed E-state index contributed by atoms with van der Waals surface area (Å²) in [7, 11) is -3.35. The highest BCUT2D eigenvalue weighted by Crippen LogP contribution is 2.13. The van der Waals surface area contributed by atoms with Crippen LogP contribution < -0.4 is 10.2 Å². The van der Waals surface area contributed by atoms with Crippen molar-refractivity contribution in [3.05, 3.63) is 48.5 Å². The molecular formula is C17H22N6O3S. The first-order valence-corrected chi connectivity index (χ1v) is 10.4. The van der Waals surface area contributed by atoms with E-state index >= 15 is 0 Å². The average molecular weight is 390 g/mol. The number of sulfonamides is 1. The van der Waals surface area contributed by atoms with E-state index in [2.05, 4.69) is 20.3 Å². The van der Waals surface area contributed by atoms with Crippen molar-refractivity contribution in [1.29, 1.82) is 0 Å². The van der Waals surface area contributed by atoms with Gasteiger partial charge in [0, 0.05) is 57.5 Å². The Kier molecular flexibility index (Phi) is 6.30. The van der Waals surface area contributed by atoms with E-state index < -0.39 is 10.0 Å². The van der Waals surface area contributed by atoms with E-state index in [9.17, 15) is 13.2 Å². The number of hydrogen-bond donors (Lipinski definition) is 1. The predicted molar refractivity (Wildman–Crippen MR) is 101 cm³/mol. The normalized spacial score (nSPS) is 15.5. The Morgan fingerprint density at radius 1 is 1.07 bits per heavy atom. The van der Waals surface area contributed by atoms with Crippen LogP contribution in [0, 0.1) is 0 Å². The summed E-state index contributed by atoms with van der Waals surface area (Å²) in [6, 6.07) is 5.09. The summed E-state index contributed by atoms with van der Waals surface area (Å²) < 4.78 is 26.5. The van der Waals surface area contributed by atoms with Gasteiger partial charge in [-0.15, -0.1) is 0 Å². The zero-order valence-corrected chi connectivity index (χ0v) is 15.7. The molecule has 3 heterocycles. The van der Waals surface area contributed by atoms with Gasteiger partial charge >= 0.3 is 0 Å². The second-order valence-electron chi connectivity index (χ2n) is 6.10. The molecule has 1 N–H and O–H groups in total. The minimum Gasteiger partial charge on any atom is -0.352 e. The lowest BCUT2D eigenvalue weighted by Gasteiger charge is -2.33. The summed E-state index contributed by atoms with van der Waals surface area (Å²) in [5.74, 6) is 0.368. The third kappa shape index (κ3) is 5.20. The fourth-order valence-corrected chi connectivity index (χ4v) is 4.29. The van der Waals surface area contributed by atoms with Gasteiger partial charge in [-0.25, -0.2) is 18.4 Å². The van der Waals surface area contributed by atoms with E-state index in [1.807, 2.05) is 4.90 Å². The molecule has 0 unspecified atom stereocenters. The van der Waals surface area contributed by atoms with Gasteiger partial charge in [0.05, 0.1) is 11.3 Å². The van der Waals surface area contributed by atoms with Crippen LogP contribution in [0.3, 0.4) is 0 Å². The number of carbonyl (C=O) groups is 1. The average Bonchev–Trinajstić information content (AvgIpc) is 2.72. The van der Waals surface area contributed by atoms with E-state index in [0.717, 1.165) is 0 Å². The fourth-order valence-electron chi connectivity index (χ4n) is 2.81. The highest BCUT2D eigenvalue weighted by Gasteiger charge is 2.27. The summed E-state index contributed by atoms with van der Waals surface area (Å²) in [5.41, 5.74) is 0.458. The van der Waals surface area contributed by atoms with E-state index in [-0.39, 0.29) is 11.7 Å². The topological polar surface area (TPSA) is 108 Å². The molecule has 2 aromatic rings. The van der Waals surface area contributed by atoms with Gasteiger partial charge in [0.15, 0.2) is 0 Å². The van der Waals surface area contributed by atoms with Crippen LogP contribution in [0.4, 0.5) is 5.95 Å². The molecule has 9 nitrogen and oxygen atoms in total. The van der Waals surface area contributed by atoms with Crippen molar-refractivity contribution >= 4 is 21.9 Å². The Morgan fingerprint density at radius 3 is 2.48 bits per heavy atom. The maximum atomic E-state index is 12.5. The monoisotopic (exact) mass is 390 g/mol. The first-order valence-electron chi connectivity index (χ1n) is 8.74. The standard InChI is InChI=1S/C17H22N6O3S/c24-16(15-4-1-5-18-14-15)19-8-3-13-27(25,26)23-11-9-22(10-12-23)17-20-6-2-7-21-17/h1-2,4-7,14H,3,8-13H2,(H,19,24). The molecule has 10 heteroatoms. The SMILES string of the molecule is O=C(NCCCS(=O)(=O)N1CCN(c2ncccn2)CC1)c1cccnc1. The number of amides is 1. The molecule has 0 aliphatic carbocycles. The lowest BCUT2D eigenvalue weighted by Crippen LogP contribution is -2.49. The minimum atomic E-state index is -3.35. The van der Waals surface area contributed by atoms with Crippen LogP contribution in [-0.2, 0) is 10.0 Å². The van der Waals surface area contributed by atoms with Crippen LogP contribution in [0.1, 0.15) is 16.8 Å². The van der Waals surface area contributed by atoms with Crippen LogP contribution in [0.5, 0.6) is 0 Å². The molecule has 144 valence electrons. The molecule has 2 aromatic heterocycles. The molecule has 3 rings (SSSR count). The van der Waals surface area contributed by atoms with Gasteiger partial charge in [-0.3, -0.25) is 9.78 Å². The Hall–Kier alpha value is -2.59. The quantitative estimate of drug-likeness (QED) is 0.670. The first-order chi connectivity index (χ1) is 13.1. The van der Waals surface area contributed by atoms with Crippen molar-refractivity contribution in [2.24, 2.45) is 0 Å². The summed E-state index contributed by atoms with van der Waals surface area (Å²) in [6.45, 7) is 2.22. The minimum absolute atomic E-state index is 0.00214. The number of aromatic nitrogens is 3. The number of pyridine rings is 1. The number of rotatable bonds is 7. The third-order valence-corrected chi connectivity index (χ3v) is 6.21. The molecule has 1 saturated heterocycles. The van der Waals surface area contributed by atoms with Crippen LogP contribution in [0.25, 0.3) is 0 Å². The van der Waals surface area contributed by atoms with Gasteiger partial charge in [-0.2, -0.15) is 4.31 Å². The lowest BCUT2D eigenvalue weighted by atomic mass is 10.2. The Bertz CT molecular complexity index is 839. The summed E-state index contributed by atoms with van der Waals surface area (Å²) in [5, 5.41) is 2.72. The molecule has 0 atom stereocenters. The van der Waals surface area contributed by atoms with Crippen molar-refractivity contribution in [1.82, 2.24) is 24.6 Å². The van der Waals surface area contributed by atoms with E-state index in [4.69, 9.17) is 0 Å². The Labute approximate surface area is 158 Å². The van der Waals surface area contributed by atoms with E-state index in [1.54, 1.807) is 36.8 Å². The van der Waals surface area contributed by atoms with Crippen molar-refractivity contribution in [3.8, 4) is 0 Å². The Balaban J connectivity index is 1.42. The van der Waals surface area contributed by atoms with E-state index in [0.29, 0.717) is 50.7 Å². The highest BCUT2D eigenvalue weighted by molar-refractivity contribution is 7.89. The molecule has 1 aliphatic rings. The van der Waals surface area contributed by atoms with Gasteiger partial charge in [-0.1, -0.05) is 0 Å². The molecule has 0 radical (unpaired) electrons. The van der Waals surface area contributed by atoms with Crippen LogP contribution in [0.15, 0.2) is 43.0 Å². The largest absolute Gasteiger partial charge is 0.352 e. The van der Waals surface area contributed by atoms with Crippen LogP contribution in [0.2, 0.25) is 0 Å². The first kappa shape index (κ1) is 19.2. The maximum Gasteiger partial charge on any atom is 0.252 e. The molecule has 1 fully saturated rings. The van der Waals surface area contributed by atoms with Crippen molar-refractivity contribution in [2.45, 2.75) is 6.42 Å². The molecule has 0 spiro atoms. The number of piperazine rings is 1. The number of hydrogen-bond acceptors (Lipinski definition) is 7. The smallest absolute Gasteiger partial charge is 0.252 e. The van der Waals surface area contributed by atoms with Gasteiger partial charge in [0.25, 0.3) is 5.91 Å². The summed E-state index contributed by atoms with van der Waals surface area (Å²) in [6.07, 6.45) is 6.77. The lowest BCUT2D eigenvalue weighted by molar-refractivity contribution is 0.0953. The second-order valence-corrected chi connectivity index (χ2v) is 8.19. The highest BCUT2D eigenvalue weighted by atomic mass is 32.2. The molecule has 0 saturated carbocycles. The summed E-state index contributed by atoms with van der Waals surface area (Å²) >= 11 is 0. The number of anilines is 1. The van der Waals surface area contributed by atoms with Gasteiger partial charge in [-0.05, 0) is 24.6 Å². The molecular weight excluding hydrogens is 368 g/mol. The maximum absolute atomic E-state index is 12.5. The molecule has 1 aliphatic heterocycles. The van der Waals surface area contributed by atoms with Crippen molar-refractivity contribution in [2.75, 3.05) is 43.4 Å². The van der Waals surface area contributed by atoms with Gasteiger partial charge in [0.2, 0.25) is 16.0 Å². The number of nitrogens with zero attached hydrogens (tertiary/aromatic N) is 5. The van der Waals surface area contributed by atoms with Gasteiger partial charge in [0.1, 0.15) is 0 Å². The van der Waals surface area contributed by atoms with Gasteiger partial charge < -0.3 is 10.2 Å². The molecule has 27 heavy (non-hydrogen) atoms. The third-order valence-electron chi connectivity index (χ3n) is 4.26. The zero-order chi connectivity index (χ0) is 19.1. The molecule has 1 amide bonds. The van der Waals surface area contributed by atoms with Crippen LogP contribution in [-0.4, -0.2) is 72.1 Å². The van der Waals surface area contributed by atoms with Crippen LogP contribution >= 0.6 is 0 Å². The van der Waals surface area contributed by atoms with Crippen molar-refractivity contribution < 1.29 is 13.2 Å². The second kappa shape index (κ2) is 8.87. The number of nitrogens with one attached hydrogen (secondary N) is 1.